The van der Waals surface area contributed by atoms with Crippen LogP contribution in [0.5, 0.6) is 0 Å². The number of fused-ring (bicyclic) bond motifs is 1. The van der Waals surface area contributed by atoms with Crippen molar-refractivity contribution in [2.75, 3.05) is 6.61 Å². The standard InChI is InChI=1S/C11H20B2O6P2/c1-10(2)17-7-8(13(4)21-16)11(6-14,5-12(3)20-15)19-9(7)18-10/h7-9,14H,5-6H2,1-4H3/t7-,8+,9+,11+/m1/s1. The SMILES string of the molecule is CB(C[C@@]1(CO)O[C@@H]2OC(C)(C)O[C@@H]2[C@@H]1B(C)P=O)P=O. The Morgan fingerprint density at radius 1 is 1.14 bits per heavy atom. The van der Waals surface area contributed by atoms with Crippen molar-refractivity contribution in [1.29, 1.82) is 0 Å². The minimum atomic E-state index is -0.945. The van der Waals surface area contributed by atoms with Gasteiger partial charge in [-0.3, -0.25) is 9.13 Å². The topological polar surface area (TPSA) is 82.1 Å². The van der Waals surface area contributed by atoms with Crippen LogP contribution in [0, 0.1) is 0 Å². The fraction of sp³-hybridized carbons (Fsp3) is 1.00. The normalized spacial score (nSPS) is 37.9. The molecule has 0 aromatic carbocycles. The second-order valence-corrected chi connectivity index (χ2v) is 8.46. The maximum absolute atomic E-state index is 11.4. The zero-order chi connectivity index (χ0) is 15.8. The minimum Gasteiger partial charge on any atom is -0.393 e. The third-order valence-electron chi connectivity index (χ3n) is 4.17. The molecule has 0 aliphatic carbocycles. The molecule has 2 aliphatic rings. The molecule has 0 saturated carbocycles. The third-order valence-corrected chi connectivity index (χ3v) is 5.37. The van der Waals surface area contributed by atoms with E-state index in [1.165, 1.54) is 0 Å². The average Bonchev–Trinajstić information content (AvgIpc) is 2.86. The Morgan fingerprint density at radius 2 is 1.81 bits per heavy atom. The number of hydrogen-bond donors (Lipinski definition) is 1. The van der Waals surface area contributed by atoms with Gasteiger partial charge in [-0.25, -0.2) is 0 Å². The molecule has 10 heteroatoms. The molecule has 0 aromatic heterocycles. The van der Waals surface area contributed by atoms with Crippen LogP contribution in [0.15, 0.2) is 0 Å². The van der Waals surface area contributed by atoms with E-state index in [-0.39, 0.29) is 48.1 Å². The summed E-state index contributed by atoms with van der Waals surface area (Å²) in [5, 5.41) is 9.91. The fourth-order valence-electron chi connectivity index (χ4n) is 3.41. The van der Waals surface area contributed by atoms with E-state index >= 15 is 0 Å². The molecule has 0 aromatic rings. The number of ether oxygens (including phenoxy) is 3. The fourth-order valence-corrected chi connectivity index (χ4v) is 4.37. The van der Waals surface area contributed by atoms with E-state index in [0.717, 1.165) is 0 Å². The van der Waals surface area contributed by atoms with Gasteiger partial charge >= 0.3 is 0 Å². The van der Waals surface area contributed by atoms with Crippen molar-refractivity contribution in [2.24, 2.45) is 0 Å². The zero-order valence-corrected chi connectivity index (χ0v) is 14.5. The minimum absolute atomic E-state index is 0.00692. The lowest BCUT2D eigenvalue weighted by molar-refractivity contribution is -0.226. The summed E-state index contributed by atoms with van der Waals surface area (Å²) >= 11 is 0. The Morgan fingerprint density at radius 3 is 2.33 bits per heavy atom. The molecule has 2 rings (SSSR count). The van der Waals surface area contributed by atoms with E-state index in [2.05, 4.69) is 0 Å². The molecule has 2 saturated heterocycles. The van der Waals surface area contributed by atoms with Crippen LogP contribution in [0.2, 0.25) is 25.8 Å². The molecule has 0 bridgehead atoms. The van der Waals surface area contributed by atoms with Crippen LogP contribution in [0.1, 0.15) is 13.8 Å². The van der Waals surface area contributed by atoms with Gasteiger partial charge in [0, 0.05) is 5.82 Å². The summed E-state index contributed by atoms with van der Waals surface area (Å²) in [6, 6.07) is 0. The molecular weight excluding hydrogens is 312 g/mol. The van der Waals surface area contributed by atoms with E-state index in [9.17, 15) is 14.2 Å². The van der Waals surface area contributed by atoms with E-state index in [1.807, 2.05) is 13.6 Å². The molecule has 2 fully saturated rings. The molecule has 2 heterocycles. The number of hydrogen-bond acceptors (Lipinski definition) is 6. The van der Waals surface area contributed by atoms with E-state index in [0.29, 0.717) is 6.32 Å². The molecule has 1 N–H and O–H groups in total. The van der Waals surface area contributed by atoms with Crippen molar-refractivity contribution >= 4 is 29.5 Å². The van der Waals surface area contributed by atoms with Gasteiger partial charge in [0.25, 0.3) is 12.9 Å². The molecule has 0 radical (unpaired) electrons. The van der Waals surface area contributed by atoms with Crippen LogP contribution in [0.25, 0.3) is 0 Å². The first-order chi connectivity index (χ1) is 9.78. The number of aliphatic hydroxyl groups is 1. The van der Waals surface area contributed by atoms with Crippen molar-refractivity contribution in [3.63, 3.8) is 0 Å². The molecule has 0 amide bonds. The first kappa shape index (κ1) is 17.5. The quantitative estimate of drug-likeness (QED) is 0.594. The van der Waals surface area contributed by atoms with Gasteiger partial charge in [0.05, 0.1) is 28.9 Å². The predicted octanol–water partition coefficient (Wildman–Crippen LogP) is 2.42. The van der Waals surface area contributed by atoms with Crippen molar-refractivity contribution in [1.82, 2.24) is 0 Å². The van der Waals surface area contributed by atoms with E-state index in [1.54, 1.807) is 13.8 Å². The van der Waals surface area contributed by atoms with Crippen molar-refractivity contribution in [2.45, 2.75) is 63.4 Å². The second kappa shape index (κ2) is 6.35. The summed E-state index contributed by atoms with van der Waals surface area (Å²) in [6.45, 7) is 6.97. The van der Waals surface area contributed by atoms with E-state index in [4.69, 9.17) is 14.2 Å². The Hall–Kier alpha value is 0.170. The maximum Gasteiger partial charge on any atom is 0.263 e. The molecular formula is C11H20B2O6P2. The van der Waals surface area contributed by atoms with Crippen LogP contribution < -0.4 is 0 Å². The Bertz CT molecular complexity index is 426. The van der Waals surface area contributed by atoms with Crippen molar-refractivity contribution in [3.8, 4) is 0 Å². The largest absolute Gasteiger partial charge is 0.393 e. The van der Waals surface area contributed by atoms with Gasteiger partial charge in [-0.15, -0.1) is 0 Å². The molecule has 116 valence electrons. The highest BCUT2D eigenvalue weighted by atomic mass is 31.1. The highest BCUT2D eigenvalue weighted by Crippen LogP contribution is 2.54. The van der Waals surface area contributed by atoms with Gasteiger partial charge < -0.3 is 19.3 Å². The van der Waals surface area contributed by atoms with Crippen molar-refractivity contribution < 1.29 is 28.4 Å². The molecule has 0 spiro atoms. The summed E-state index contributed by atoms with van der Waals surface area (Å²) in [4.78, 5) is 0. The van der Waals surface area contributed by atoms with Crippen LogP contribution in [-0.2, 0) is 23.3 Å². The number of rotatable bonds is 6. The lowest BCUT2D eigenvalue weighted by atomic mass is 9.51. The summed E-state index contributed by atoms with van der Waals surface area (Å²) in [7, 11) is -0.0418. The smallest absolute Gasteiger partial charge is 0.263 e. The lowest BCUT2D eigenvalue weighted by Gasteiger charge is -2.36. The first-order valence-corrected chi connectivity index (χ1v) is 8.84. The molecule has 2 aliphatic heterocycles. The molecule has 0 unspecified atom stereocenters. The molecule has 6 nitrogen and oxygen atoms in total. The van der Waals surface area contributed by atoms with Gasteiger partial charge in [-0.1, -0.05) is 13.6 Å². The van der Waals surface area contributed by atoms with Gasteiger partial charge in [0.2, 0.25) is 0 Å². The Kier molecular flexibility index (Phi) is 5.30. The Balaban J connectivity index is 2.32. The van der Waals surface area contributed by atoms with Crippen LogP contribution >= 0.6 is 16.7 Å². The molecule has 4 atom stereocenters. The van der Waals surface area contributed by atoms with Crippen LogP contribution in [0.4, 0.5) is 0 Å². The monoisotopic (exact) mass is 332 g/mol. The third kappa shape index (κ3) is 3.26. The van der Waals surface area contributed by atoms with Crippen LogP contribution in [-0.4, -0.2) is 48.4 Å². The molecule has 21 heavy (non-hydrogen) atoms. The summed E-state index contributed by atoms with van der Waals surface area (Å²) in [5.74, 6) is -1.06. The van der Waals surface area contributed by atoms with Crippen molar-refractivity contribution in [3.05, 3.63) is 0 Å². The average molecular weight is 332 g/mol. The number of aliphatic hydroxyl groups excluding tert-OH is 1. The van der Waals surface area contributed by atoms with Gasteiger partial charge in [-0.2, -0.15) is 0 Å². The summed E-state index contributed by atoms with van der Waals surface area (Å²) < 4.78 is 40.1. The van der Waals surface area contributed by atoms with Gasteiger partial charge in [0.1, 0.15) is 6.10 Å². The first-order valence-electron chi connectivity index (χ1n) is 7.08. The Labute approximate surface area is 128 Å². The van der Waals surface area contributed by atoms with Gasteiger partial charge in [0.15, 0.2) is 12.1 Å². The zero-order valence-electron chi connectivity index (χ0n) is 12.7. The summed E-state index contributed by atoms with van der Waals surface area (Å²) in [5.41, 5.74) is -0.945. The second-order valence-electron chi connectivity index (χ2n) is 6.34. The maximum atomic E-state index is 11.4. The van der Waals surface area contributed by atoms with Crippen LogP contribution in [0.3, 0.4) is 0 Å². The highest BCUT2D eigenvalue weighted by molar-refractivity contribution is 7.67. The highest BCUT2D eigenvalue weighted by Gasteiger charge is 2.63. The van der Waals surface area contributed by atoms with Gasteiger partial charge in [-0.05, 0) is 20.2 Å². The predicted molar refractivity (Wildman–Crippen MR) is 81.7 cm³/mol. The summed E-state index contributed by atoms with van der Waals surface area (Å²) in [6.07, 6.45) is -1.04. The lowest BCUT2D eigenvalue weighted by Crippen LogP contribution is -2.46. The van der Waals surface area contributed by atoms with E-state index < -0.39 is 17.7 Å².